The van der Waals surface area contributed by atoms with Gasteiger partial charge in [-0.2, -0.15) is 0 Å². The summed E-state index contributed by atoms with van der Waals surface area (Å²) in [4.78, 5) is 0. The van der Waals surface area contributed by atoms with Crippen LogP contribution in [-0.2, 0) is 6.54 Å². The highest BCUT2D eigenvalue weighted by Gasteiger charge is 2.11. The summed E-state index contributed by atoms with van der Waals surface area (Å²) in [6.45, 7) is 5.44. The van der Waals surface area contributed by atoms with Crippen LogP contribution in [0.5, 0.6) is 0 Å². The first-order valence-corrected chi connectivity index (χ1v) is 5.84. The first-order valence-electron chi connectivity index (χ1n) is 5.84. The van der Waals surface area contributed by atoms with Gasteiger partial charge in [0, 0.05) is 19.1 Å². The highest BCUT2D eigenvalue weighted by atomic mass is 15.0. The van der Waals surface area contributed by atoms with Crippen LogP contribution >= 0.6 is 0 Å². The molecule has 0 saturated carbocycles. The standard InChI is InChI=1S/C13H20N2/c1-11-4-2-5-12(8-11)9-15-13-6-3-7-14-10-13/h2,4-5,8,13-15H,3,6-7,9-10H2,1H3. The lowest BCUT2D eigenvalue weighted by Crippen LogP contribution is -2.42. The van der Waals surface area contributed by atoms with Crippen LogP contribution in [0.4, 0.5) is 0 Å². The molecule has 1 fully saturated rings. The van der Waals surface area contributed by atoms with Gasteiger partial charge in [-0.05, 0) is 31.9 Å². The molecular weight excluding hydrogens is 184 g/mol. The predicted octanol–water partition coefficient (Wildman–Crippen LogP) is 1.84. The average Bonchev–Trinajstić information content (AvgIpc) is 2.28. The van der Waals surface area contributed by atoms with Gasteiger partial charge in [0.15, 0.2) is 0 Å². The van der Waals surface area contributed by atoms with Gasteiger partial charge >= 0.3 is 0 Å². The number of nitrogens with one attached hydrogen (secondary N) is 2. The normalized spacial score (nSPS) is 21.5. The molecule has 1 atom stereocenters. The Labute approximate surface area is 92.1 Å². The van der Waals surface area contributed by atoms with Crippen LogP contribution in [0.2, 0.25) is 0 Å². The molecule has 15 heavy (non-hydrogen) atoms. The predicted molar refractivity (Wildman–Crippen MR) is 63.9 cm³/mol. The fraction of sp³-hybridized carbons (Fsp3) is 0.538. The monoisotopic (exact) mass is 204 g/mol. The second-order valence-electron chi connectivity index (χ2n) is 4.41. The Kier molecular flexibility index (Phi) is 3.75. The van der Waals surface area contributed by atoms with Crippen molar-refractivity contribution in [2.45, 2.75) is 32.4 Å². The SMILES string of the molecule is Cc1cccc(CNC2CCCNC2)c1. The molecule has 2 nitrogen and oxygen atoms in total. The molecule has 1 aromatic rings. The van der Waals surface area contributed by atoms with Crippen molar-refractivity contribution < 1.29 is 0 Å². The largest absolute Gasteiger partial charge is 0.315 e. The minimum atomic E-state index is 0.652. The quantitative estimate of drug-likeness (QED) is 0.785. The minimum absolute atomic E-state index is 0.652. The number of rotatable bonds is 3. The maximum atomic E-state index is 3.60. The molecule has 82 valence electrons. The van der Waals surface area contributed by atoms with Crippen LogP contribution < -0.4 is 10.6 Å². The molecular formula is C13H20N2. The molecule has 0 bridgehead atoms. The zero-order valence-electron chi connectivity index (χ0n) is 9.42. The van der Waals surface area contributed by atoms with Crippen LogP contribution in [0.3, 0.4) is 0 Å². The van der Waals surface area contributed by atoms with Crippen LogP contribution in [0.1, 0.15) is 24.0 Å². The van der Waals surface area contributed by atoms with Crippen LogP contribution in [-0.4, -0.2) is 19.1 Å². The molecule has 0 spiro atoms. The molecule has 1 aliphatic heterocycles. The number of hydrogen-bond donors (Lipinski definition) is 2. The summed E-state index contributed by atoms with van der Waals surface area (Å²) in [5.41, 5.74) is 2.73. The molecule has 0 amide bonds. The van der Waals surface area contributed by atoms with E-state index >= 15 is 0 Å². The molecule has 0 radical (unpaired) electrons. The molecule has 0 aromatic heterocycles. The van der Waals surface area contributed by atoms with E-state index in [2.05, 4.69) is 41.8 Å². The maximum Gasteiger partial charge on any atom is 0.0208 e. The van der Waals surface area contributed by atoms with Crippen molar-refractivity contribution in [1.29, 1.82) is 0 Å². The molecule has 2 rings (SSSR count). The summed E-state index contributed by atoms with van der Waals surface area (Å²) >= 11 is 0. The smallest absolute Gasteiger partial charge is 0.0208 e. The van der Waals surface area contributed by atoms with Gasteiger partial charge in [-0.25, -0.2) is 0 Å². The molecule has 1 saturated heterocycles. The number of aryl methyl sites for hydroxylation is 1. The van der Waals surface area contributed by atoms with Gasteiger partial charge in [0.25, 0.3) is 0 Å². The Hall–Kier alpha value is -0.860. The van der Waals surface area contributed by atoms with E-state index < -0.39 is 0 Å². The fourth-order valence-electron chi connectivity index (χ4n) is 2.11. The summed E-state index contributed by atoms with van der Waals surface area (Å²) in [5.74, 6) is 0. The van der Waals surface area contributed by atoms with Gasteiger partial charge in [-0.15, -0.1) is 0 Å². The Morgan fingerprint density at radius 2 is 2.40 bits per heavy atom. The third-order valence-corrected chi connectivity index (χ3v) is 2.97. The lowest BCUT2D eigenvalue weighted by Gasteiger charge is -2.24. The molecule has 1 heterocycles. The van der Waals surface area contributed by atoms with E-state index in [0.29, 0.717) is 6.04 Å². The van der Waals surface area contributed by atoms with Crippen molar-refractivity contribution in [3.8, 4) is 0 Å². The Morgan fingerprint density at radius 3 is 3.13 bits per heavy atom. The van der Waals surface area contributed by atoms with Crippen LogP contribution in [0.25, 0.3) is 0 Å². The molecule has 1 aliphatic rings. The topological polar surface area (TPSA) is 24.1 Å². The molecule has 2 heteroatoms. The lowest BCUT2D eigenvalue weighted by atomic mass is 10.1. The van der Waals surface area contributed by atoms with E-state index in [4.69, 9.17) is 0 Å². The van der Waals surface area contributed by atoms with Gasteiger partial charge in [0.05, 0.1) is 0 Å². The minimum Gasteiger partial charge on any atom is -0.315 e. The summed E-state index contributed by atoms with van der Waals surface area (Å²) in [6.07, 6.45) is 2.60. The van der Waals surface area contributed by atoms with Crippen LogP contribution in [0, 0.1) is 6.92 Å². The van der Waals surface area contributed by atoms with Gasteiger partial charge in [-0.3, -0.25) is 0 Å². The zero-order chi connectivity index (χ0) is 10.5. The Balaban J connectivity index is 1.81. The van der Waals surface area contributed by atoms with Gasteiger partial charge in [-0.1, -0.05) is 29.8 Å². The first kappa shape index (κ1) is 10.7. The molecule has 1 aromatic carbocycles. The molecule has 2 N–H and O–H groups in total. The number of benzene rings is 1. The molecule has 1 unspecified atom stereocenters. The Bertz CT molecular complexity index is 303. The third kappa shape index (κ3) is 3.33. The van der Waals surface area contributed by atoms with E-state index in [9.17, 15) is 0 Å². The average molecular weight is 204 g/mol. The van der Waals surface area contributed by atoms with Gasteiger partial charge < -0.3 is 10.6 Å². The molecule has 0 aliphatic carbocycles. The second-order valence-corrected chi connectivity index (χ2v) is 4.41. The fourth-order valence-corrected chi connectivity index (χ4v) is 2.11. The van der Waals surface area contributed by atoms with E-state index in [1.807, 2.05) is 0 Å². The number of hydrogen-bond acceptors (Lipinski definition) is 2. The van der Waals surface area contributed by atoms with Gasteiger partial charge in [0.2, 0.25) is 0 Å². The van der Waals surface area contributed by atoms with E-state index in [-0.39, 0.29) is 0 Å². The van der Waals surface area contributed by atoms with E-state index in [0.717, 1.165) is 13.1 Å². The van der Waals surface area contributed by atoms with Crippen LogP contribution in [0.15, 0.2) is 24.3 Å². The lowest BCUT2D eigenvalue weighted by molar-refractivity contribution is 0.389. The van der Waals surface area contributed by atoms with Crippen molar-refractivity contribution in [3.63, 3.8) is 0 Å². The van der Waals surface area contributed by atoms with Crippen molar-refractivity contribution in [1.82, 2.24) is 10.6 Å². The van der Waals surface area contributed by atoms with Gasteiger partial charge in [0.1, 0.15) is 0 Å². The Morgan fingerprint density at radius 1 is 1.47 bits per heavy atom. The number of piperidine rings is 1. The maximum absolute atomic E-state index is 3.60. The summed E-state index contributed by atoms with van der Waals surface area (Å²) in [6, 6.07) is 9.37. The zero-order valence-corrected chi connectivity index (χ0v) is 9.42. The summed E-state index contributed by atoms with van der Waals surface area (Å²) in [5, 5.41) is 7.02. The van der Waals surface area contributed by atoms with Crippen molar-refractivity contribution in [2.24, 2.45) is 0 Å². The van der Waals surface area contributed by atoms with Crippen molar-refractivity contribution in [2.75, 3.05) is 13.1 Å². The summed E-state index contributed by atoms with van der Waals surface area (Å²) < 4.78 is 0. The van der Waals surface area contributed by atoms with E-state index in [1.165, 1.54) is 30.5 Å². The third-order valence-electron chi connectivity index (χ3n) is 2.97. The van der Waals surface area contributed by atoms with Crippen molar-refractivity contribution in [3.05, 3.63) is 35.4 Å². The second kappa shape index (κ2) is 5.29. The van der Waals surface area contributed by atoms with E-state index in [1.54, 1.807) is 0 Å². The first-order chi connectivity index (χ1) is 7.34. The highest BCUT2D eigenvalue weighted by Crippen LogP contribution is 2.06. The van der Waals surface area contributed by atoms with Crippen molar-refractivity contribution >= 4 is 0 Å². The summed E-state index contributed by atoms with van der Waals surface area (Å²) in [7, 11) is 0. The highest BCUT2D eigenvalue weighted by molar-refractivity contribution is 5.22.